The average Bonchev–Trinajstić information content (AvgIpc) is 1.95. The first-order chi connectivity index (χ1) is 4.74. The summed E-state index contributed by atoms with van der Waals surface area (Å²) in [6, 6.07) is 5.52. The maximum Gasteiger partial charge on any atom is 0.118 e. The Morgan fingerprint density at radius 1 is 1.60 bits per heavy atom. The number of H-pyrrole nitrogens is 1. The molecule has 0 aliphatic heterocycles. The molecule has 50 valence electrons. The topological polar surface area (TPSA) is 39.6 Å². The molecule has 1 N–H and O–H groups in total. The second-order valence-electron chi connectivity index (χ2n) is 2.00. The zero-order valence-electron chi connectivity index (χ0n) is 5.51. The number of pyridine rings is 1. The van der Waals surface area contributed by atoms with Gasteiger partial charge < -0.3 is 4.98 Å². The smallest absolute Gasteiger partial charge is 0.118 e. The lowest BCUT2D eigenvalue weighted by molar-refractivity contribution is 1.20. The summed E-state index contributed by atoms with van der Waals surface area (Å²) in [4.78, 5) is 2.78. The molecule has 0 unspecified atom stereocenters. The Morgan fingerprint density at radius 3 is 2.80 bits per heavy atom. The van der Waals surface area contributed by atoms with Crippen molar-refractivity contribution in [2.75, 3.05) is 0 Å². The first-order valence-electron chi connectivity index (χ1n) is 2.84. The SMILES string of the molecule is Cc1ccc(C#N)[nH]c1=S. The lowest BCUT2D eigenvalue weighted by Gasteiger charge is -1.91. The van der Waals surface area contributed by atoms with Gasteiger partial charge in [0.25, 0.3) is 0 Å². The van der Waals surface area contributed by atoms with E-state index in [1.807, 2.05) is 19.1 Å². The van der Waals surface area contributed by atoms with Gasteiger partial charge in [0.1, 0.15) is 16.4 Å². The van der Waals surface area contributed by atoms with Crippen LogP contribution in [-0.4, -0.2) is 4.98 Å². The fraction of sp³-hybridized carbons (Fsp3) is 0.143. The van der Waals surface area contributed by atoms with Gasteiger partial charge in [0.2, 0.25) is 0 Å². The van der Waals surface area contributed by atoms with Crippen LogP contribution in [0.2, 0.25) is 0 Å². The Balaban J connectivity index is 3.34. The maximum atomic E-state index is 8.43. The van der Waals surface area contributed by atoms with E-state index < -0.39 is 0 Å². The van der Waals surface area contributed by atoms with Crippen molar-refractivity contribution in [3.05, 3.63) is 28.0 Å². The molecule has 0 aromatic carbocycles. The van der Waals surface area contributed by atoms with E-state index in [0.717, 1.165) is 5.56 Å². The van der Waals surface area contributed by atoms with Crippen LogP contribution >= 0.6 is 12.2 Å². The molecular formula is C7H6N2S. The van der Waals surface area contributed by atoms with Crippen LogP contribution in [0.4, 0.5) is 0 Å². The molecule has 0 bridgehead atoms. The molecule has 0 radical (unpaired) electrons. The third kappa shape index (κ3) is 1.23. The summed E-state index contributed by atoms with van der Waals surface area (Å²) >= 11 is 4.90. The predicted molar refractivity (Wildman–Crippen MR) is 41.1 cm³/mol. The predicted octanol–water partition coefficient (Wildman–Crippen LogP) is 1.92. The summed E-state index contributed by atoms with van der Waals surface area (Å²) in [5.41, 5.74) is 1.50. The number of aromatic nitrogens is 1. The molecule has 0 saturated carbocycles. The third-order valence-electron chi connectivity index (χ3n) is 1.23. The van der Waals surface area contributed by atoms with E-state index in [1.54, 1.807) is 6.07 Å². The van der Waals surface area contributed by atoms with Gasteiger partial charge in [0.05, 0.1) is 0 Å². The molecule has 1 aromatic heterocycles. The van der Waals surface area contributed by atoms with Gasteiger partial charge in [-0.1, -0.05) is 18.3 Å². The van der Waals surface area contributed by atoms with Gasteiger partial charge in [-0.15, -0.1) is 0 Å². The van der Waals surface area contributed by atoms with Gasteiger partial charge in [-0.3, -0.25) is 0 Å². The highest BCUT2D eigenvalue weighted by molar-refractivity contribution is 7.71. The lowest BCUT2D eigenvalue weighted by atomic mass is 10.3. The van der Waals surface area contributed by atoms with Crippen molar-refractivity contribution in [3.8, 4) is 6.07 Å². The normalized spacial score (nSPS) is 8.80. The maximum absolute atomic E-state index is 8.43. The fourth-order valence-electron chi connectivity index (χ4n) is 0.612. The van der Waals surface area contributed by atoms with Gasteiger partial charge in [0.15, 0.2) is 0 Å². The molecular weight excluding hydrogens is 144 g/mol. The molecule has 0 aliphatic carbocycles. The van der Waals surface area contributed by atoms with Crippen molar-refractivity contribution in [1.82, 2.24) is 4.98 Å². The minimum Gasteiger partial charge on any atom is -0.338 e. The van der Waals surface area contributed by atoms with E-state index in [9.17, 15) is 0 Å². The van der Waals surface area contributed by atoms with E-state index in [4.69, 9.17) is 17.5 Å². The number of hydrogen-bond donors (Lipinski definition) is 1. The molecule has 0 fully saturated rings. The van der Waals surface area contributed by atoms with Gasteiger partial charge >= 0.3 is 0 Å². The van der Waals surface area contributed by atoms with E-state index >= 15 is 0 Å². The summed E-state index contributed by atoms with van der Waals surface area (Å²) in [5.74, 6) is 0. The molecule has 0 amide bonds. The van der Waals surface area contributed by atoms with Crippen molar-refractivity contribution >= 4 is 12.2 Å². The van der Waals surface area contributed by atoms with Gasteiger partial charge in [0, 0.05) is 0 Å². The fourth-order valence-corrected chi connectivity index (χ4v) is 0.790. The van der Waals surface area contributed by atoms with Crippen LogP contribution in [0.1, 0.15) is 11.3 Å². The Bertz CT molecular complexity index is 332. The number of aromatic amines is 1. The molecule has 10 heavy (non-hydrogen) atoms. The first-order valence-corrected chi connectivity index (χ1v) is 3.25. The van der Waals surface area contributed by atoms with Crippen LogP contribution < -0.4 is 0 Å². The van der Waals surface area contributed by atoms with Crippen molar-refractivity contribution < 1.29 is 0 Å². The largest absolute Gasteiger partial charge is 0.338 e. The average molecular weight is 150 g/mol. The molecule has 0 saturated heterocycles. The summed E-state index contributed by atoms with van der Waals surface area (Å²) in [6.45, 7) is 1.90. The monoisotopic (exact) mass is 150 g/mol. The van der Waals surface area contributed by atoms with Crippen molar-refractivity contribution in [2.45, 2.75) is 6.92 Å². The third-order valence-corrected chi connectivity index (χ3v) is 1.65. The Morgan fingerprint density at radius 2 is 2.30 bits per heavy atom. The highest BCUT2D eigenvalue weighted by Crippen LogP contribution is 1.99. The zero-order chi connectivity index (χ0) is 7.56. The summed E-state index contributed by atoms with van der Waals surface area (Å²) in [6.07, 6.45) is 0. The first kappa shape index (κ1) is 6.97. The zero-order valence-corrected chi connectivity index (χ0v) is 6.33. The molecule has 0 spiro atoms. The van der Waals surface area contributed by atoms with Crippen molar-refractivity contribution in [2.24, 2.45) is 0 Å². The molecule has 1 rings (SSSR count). The van der Waals surface area contributed by atoms with E-state index in [0.29, 0.717) is 10.3 Å². The molecule has 2 nitrogen and oxygen atoms in total. The quantitative estimate of drug-likeness (QED) is 0.574. The molecule has 0 atom stereocenters. The molecule has 0 aliphatic rings. The molecule has 3 heteroatoms. The summed E-state index contributed by atoms with van der Waals surface area (Å²) in [7, 11) is 0. The Labute approximate surface area is 64.1 Å². The molecule has 1 aromatic rings. The summed E-state index contributed by atoms with van der Waals surface area (Å²) < 4.78 is 0.638. The second-order valence-corrected chi connectivity index (χ2v) is 2.40. The van der Waals surface area contributed by atoms with Crippen molar-refractivity contribution in [3.63, 3.8) is 0 Å². The Hall–Kier alpha value is -1.14. The van der Waals surface area contributed by atoms with Crippen LogP contribution in [0.3, 0.4) is 0 Å². The van der Waals surface area contributed by atoms with Gasteiger partial charge in [-0.2, -0.15) is 5.26 Å². The van der Waals surface area contributed by atoms with Crippen LogP contribution in [0, 0.1) is 22.9 Å². The Kier molecular flexibility index (Phi) is 1.83. The van der Waals surface area contributed by atoms with Gasteiger partial charge in [-0.05, 0) is 18.6 Å². The highest BCUT2D eigenvalue weighted by atomic mass is 32.1. The number of nitrogens with one attached hydrogen (secondary N) is 1. The van der Waals surface area contributed by atoms with E-state index in [2.05, 4.69) is 4.98 Å². The number of nitrogens with zero attached hydrogens (tertiary/aromatic N) is 1. The molecule has 1 heterocycles. The minimum atomic E-state index is 0.510. The number of aryl methyl sites for hydroxylation is 1. The number of rotatable bonds is 0. The van der Waals surface area contributed by atoms with Crippen LogP contribution in [0.25, 0.3) is 0 Å². The van der Waals surface area contributed by atoms with Crippen LogP contribution in [0.15, 0.2) is 12.1 Å². The standard InChI is InChI=1S/C7H6N2S/c1-5-2-3-6(4-8)9-7(5)10/h2-3H,1H3,(H,9,10). The van der Waals surface area contributed by atoms with E-state index in [1.165, 1.54) is 0 Å². The number of hydrogen-bond acceptors (Lipinski definition) is 2. The van der Waals surface area contributed by atoms with E-state index in [-0.39, 0.29) is 0 Å². The van der Waals surface area contributed by atoms with Crippen molar-refractivity contribution in [1.29, 1.82) is 5.26 Å². The number of nitriles is 1. The van der Waals surface area contributed by atoms with Gasteiger partial charge in [-0.25, -0.2) is 0 Å². The second kappa shape index (κ2) is 2.63. The minimum absolute atomic E-state index is 0.510. The summed E-state index contributed by atoms with van der Waals surface area (Å²) in [5, 5.41) is 8.43. The van der Waals surface area contributed by atoms with Crippen LogP contribution in [0.5, 0.6) is 0 Å². The highest BCUT2D eigenvalue weighted by Gasteiger charge is 1.89. The lowest BCUT2D eigenvalue weighted by Crippen LogP contribution is -1.84. The van der Waals surface area contributed by atoms with Crippen LogP contribution in [-0.2, 0) is 0 Å².